The van der Waals surface area contributed by atoms with Crippen molar-refractivity contribution in [2.75, 3.05) is 13.1 Å². The van der Waals surface area contributed by atoms with Gasteiger partial charge in [-0.2, -0.15) is 4.98 Å². The van der Waals surface area contributed by atoms with Crippen LogP contribution in [0.15, 0.2) is 23.0 Å². The Hall–Kier alpha value is -1.75. The first-order valence-electron chi connectivity index (χ1n) is 6.30. The van der Waals surface area contributed by atoms with Gasteiger partial charge in [0.15, 0.2) is 0 Å². The Kier molecular flexibility index (Phi) is 3.06. The van der Waals surface area contributed by atoms with Crippen LogP contribution in [0.2, 0.25) is 0 Å². The van der Waals surface area contributed by atoms with Gasteiger partial charge in [0, 0.05) is 24.5 Å². The summed E-state index contributed by atoms with van der Waals surface area (Å²) in [5.74, 6) is 1.76. The van der Waals surface area contributed by atoms with Gasteiger partial charge in [-0.05, 0) is 37.9 Å². The number of piperidine rings is 1. The lowest BCUT2D eigenvalue weighted by molar-refractivity contribution is 0.322. The standard InChI is InChI=1S/C13H16N4O/c1-9-7-15-6-4-11(9)12-16-13(18-17-12)10-3-2-5-14-8-10/h4,6-7,10,14H,2-3,5,8H2,1H3/t10-/m1/s1. The fraction of sp³-hybridized carbons (Fsp3) is 0.462. The van der Waals surface area contributed by atoms with Crippen molar-refractivity contribution in [1.82, 2.24) is 20.4 Å². The van der Waals surface area contributed by atoms with E-state index in [-0.39, 0.29) is 0 Å². The molecule has 0 aromatic carbocycles. The van der Waals surface area contributed by atoms with Crippen LogP contribution in [-0.4, -0.2) is 28.2 Å². The molecule has 1 aliphatic heterocycles. The largest absolute Gasteiger partial charge is 0.339 e. The van der Waals surface area contributed by atoms with E-state index in [1.807, 2.05) is 19.2 Å². The molecule has 0 aliphatic carbocycles. The number of hydrogen-bond donors (Lipinski definition) is 1. The van der Waals surface area contributed by atoms with Gasteiger partial charge in [0.25, 0.3) is 0 Å². The normalized spacial score (nSPS) is 19.9. The summed E-state index contributed by atoms with van der Waals surface area (Å²) < 4.78 is 5.39. The third kappa shape index (κ3) is 2.13. The van der Waals surface area contributed by atoms with Crippen LogP contribution in [0.4, 0.5) is 0 Å². The summed E-state index contributed by atoms with van der Waals surface area (Å²) in [4.78, 5) is 8.59. The van der Waals surface area contributed by atoms with Crippen LogP contribution in [0.5, 0.6) is 0 Å². The zero-order chi connectivity index (χ0) is 12.4. The summed E-state index contributed by atoms with van der Waals surface area (Å²) in [6.45, 7) is 4.01. The first kappa shape index (κ1) is 11.3. The van der Waals surface area contributed by atoms with Crippen molar-refractivity contribution in [1.29, 1.82) is 0 Å². The van der Waals surface area contributed by atoms with Crippen LogP contribution in [0.25, 0.3) is 11.4 Å². The molecule has 3 rings (SSSR count). The Labute approximate surface area is 106 Å². The number of nitrogens with one attached hydrogen (secondary N) is 1. The third-order valence-electron chi connectivity index (χ3n) is 3.35. The second-order valence-corrected chi connectivity index (χ2v) is 4.69. The van der Waals surface area contributed by atoms with Gasteiger partial charge in [-0.3, -0.25) is 4.98 Å². The van der Waals surface area contributed by atoms with Gasteiger partial charge in [0.1, 0.15) is 0 Å². The zero-order valence-electron chi connectivity index (χ0n) is 10.4. The average Bonchev–Trinajstić information content (AvgIpc) is 2.90. The van der Waals surface area contributed by atoms with Crippen molar-refractivity contribution in [3.8, 4) is 11.4 Å². The molecule has 3 heterocycles. The van der Waals surface area contributed by atoms with Gasteiger partial charge < -0.3 is 9.84 Å². The van der Waals surface area contributed by atoms with Crippen LogP contribution in [0.3, 0.4) is 0 Å². The molecular weight excluding hydrogens is 228 g/mol. The highest BCUT2D eigenvalue weighted by molar-refractivity contribution is 5.57. The van der Waals surface area contributed by atoms with Gasteiger partial charge in [0.05, 0.1) is 5.92 Å². The van der Waals surface area contributed by atoms with Crippen molar-refractivity contribution >= 4 is 0 Å². The number of pyridine rings is 1. The average molecular weight is 244 g/mol. The molecule has 0 unspecified atom stereocenters. The molecule has 1 N–H and O–H groups in total. The minimum absolute atomic E-state index is 0.349. The van der Waals surface area contributed by atoms with E-state index in [2.05, 4.69) is 20.4 Å². The van der Waals surface area contributed by atoms with Crippen LogP contribution >= 0.6 is 0 Å². The Balaban J connectivity index is 1.87. The topological polar surface area (TPSA) is 63.8 Å². The van der Waals surface area contributed by atoms with Crippen molar-refractivity contribution in [3.63, 3.8) is 0 Å². The molecule has 0 amide bonds. The third-order valence-corrected chi connectivity index (χ3v) is 3.35. The Bertz CT molecular complexity index is 531. The van der Waals surface area contributed by atoms with E-state index in [0.29, 0.717) is 11.7 Å². The maximum absolute atomic E-state index is 5.39. The van der Waals surface area contributed by atoms with Gasteiger partial charge >= 0.3 is 0 Å². The summed E-state index contributed by atoms with van der Waals surface area (Å²) in [7, 11) is 0. The van der Waals surface area contributed by atoms with Gasteiger partial charge in [-0.1, -0.05) is 5.16 Å². The predicted molar refractivity (Wildman–Crippen MR) is 67.1 cm³/mol. The van der Waals surface area contributed by atoms with Crippen LogP contribution < -0.4 is 5.32 Å². The number of aromatic nitrogens is 3. The molecule has 18 heavy (non-hydrogen) atoms. The fourth-order valence-corrected chi connectivity index (χ4v) is 2.30. The van der Waals surface area contributed by atoms with E-state index in [1.54, 1.807) is 6.20 Å². The lowest BCUT2D eigenvalue weighted by Gasteiger charge is -2.18. The molecule has 1 aliphatic rings. The minimum atomic E-state index is 0.349. The highest BCUT2D eigenvalue weighted by Gasteiger charge is 2.21. The van der Waals surface area contributed by atoms with E-state index in [1.165, 1.54) is 0 Å². The molecule has 2 aromatic rings. The van der Waals surface area contributed by atoms with Crippen molar-refractivity contribution < 1.29 is 4.52 Å². The molecule has 1 fully saturated rings. The second-order valence-electron chi connectivity index (χ2n) is 4.69. The molecule has 5 nitrogen and oxygen atoms in total. The van der Waals surface area contributed by atoms with Gasteiger partial charge in [-0.15, -0.1) is 0 Å². The molecule has 5 heteroatoms. The Morgan fingerprint density at radius 1 is 1.44 bits per heavy atom. The molecule has 1 saturated heterocycles. The number of rotatable bonds is 2. The number of hydrogen-bond acceptors (Lipinski definition) is 5. The molecule has 94 valence electrons. The molecular formula is C13H16N4O. The lowest BCUT2D eigenvalue weighted by atomic mass is 10.00. The van der Waals surface area contributed by atoms with E-state index >= 15 is 0 Å². The van der Waals surface area contributed by atoms with Gasteiger partial charge in [-0.25, -0.2) is 0 Å². The van der Waals surface area contributed by atoms with Crippen molar-refractivity contribution in [2.24, 2.45) is 0 Å². The number of nitrogens with zero attached hydrogens (tertiary/aromatic N) is 3. The van der Waals surface area contributed by atoms with Crippen LogP contribution in [-0.2, 0) is 0 Å². The molecule has 0 saturated carbocycles. The van der Waals surface area contributed by atoms with Crippen LogP contribution in [0.1, 0.15) is 30.2 Å². The van der Waals surface area contributed by atoms with Crippen molar-refractivity contribution in [3.05, 3.63) is 29.9 Å². The monoisotopic (exact) mass is 244 g/mol. The highest BCUT2D eigenvalue weighted by Crippen LogP contribution is 2.25. The zero-order valence-corrected chi connectivity index (χ0v) is 10.4. The van der Waals surface area contributed by atoms with Crippen molar-refractivity contribution in [2.45, 2.75) is 25.7 Å². The first-order chi connectivity index (χ1) is 8.84. The van der Waals surface area contributed by atoms with Gasteiger partial charge in [0.2, 0.25) is 11.7 Å². The first-order valence-corrected chi connectivity index (χ1v) is 6.30. The summed E-state index contributed by atoms with van der Waals surface area (Å²) >= 11 is 0. The maximum Gasteiger partial charge on any atom is 0.231 e. The summed E-state index contributed by atoms with van der Waals surface area (Å²) in [6.07, 6.45) is 5.84. The highest BCUT2D eigenvalue weighted by atomic mass is 16.5. The quantitative estimate of drug-likeness (QED) is 0.874. The summed E-state index contributed by atoms with van der Waals surface area (Å²) in [6, 6.07) is 1.92. The molecule has 2 aromatic heterocycles. The van der Waals surface area contributed by atoms with E-state index in [4.69, 9.17) is 4.52 Å². The predicted octanol–water partition coefficient (Wildman–Crippen LogP) is 1.91. The Morgan fingerprint density at radius 2 is 2.39 bits per heavy atom. The lowest BCUT2D eigenvalue weighted by Crippen LogP contribution is -2.28. The molecule has 0 spiro atoms. The SMILES string of the molecule is Cc1cnccc1-c1noc([C@@H]2CCCNC2)n1. The van der Waals surface area contributed by atoms with Crippen LogP contribution in [0, 0.1) is 6.92 Å². The minimum Gasteiger partial charge on any atom is -0.339 e. The van der Waals surface area contributed by atoms with E-state index in [0.717, 1.165) is 42.9 Å². The van der Waals surface area contributed by atoms with E-state index < -0.39 is 0 Å². The maximum atomic E-state index is 5.39. The Morgan fingerprint density at radius 3 is 3.17 bits per heavy atom. The molecule has 0 radical (unpaired) electrons. The summed E-state index contributed by atoms with van der Waals surface area (Å²) in [5, 5.41) is 7.44. The van der Waals surface area contributed by atoms with E-state index in [9.17, 15) is 0 Å². The smallest absolute Gasteiger partial charge is 0.231 e. The molecule has 1 atom stereocenters. The second kappa shape index (κ2) is 4.86. The number of aryl methyl sites for hydroxylation is 1. The fourth-order valence-electron chi connectivity index (χ4n) is 2.30. The molecule has 0 bridgehead atoms. The summed E-state index contributed by atoms with van der Waals surface area (Å²) in [5.41, 5.74) is 2.05.